The number of esters is 1. The largest absolute Gasteiger partial charge is 0.493 e. The minimum Gasteiger partial charge on any atom is -0.493 e. The topological polar surface area (TPSA) is 59.3 Å². The molecule has 3 rings (SSSR count). The van der Waals surface area contributed by atoms with E-state index in [2.05, 4.69) is 6.07 Å². The molecule has 0 unspecified atom stereocenters. The third kappa shape index (κ3) is 5.01. The average molecular weight is 408 g/mol. The van der Waals surface area contributed by atoms with Gasteiger partial charge in [-0.15, -0.1) is 0 Å². The Morgan fingerprint density at radius 2 is 1.79 bits per heavy atom. The summed E-state index contributed by atoms with van der Waals surface area (Å²) in [5.41, 5.74) is 1.93. The number of allylic oxidation sites excluding steroid dienone is 1. The second-order valence-electron chi connectivity index (χ2n) is 5.99. The number of carbonyl (C=O) groups excluding carboxylic acids is 1. The molecular formula is C23H15ClFNO3. The Balaban J connectivity index is 1.87. The Labute approximate surface area is 172 Å². The van der Waals surface area contributed by atoms with Crippen molar-refractivity contribution in [3.8, 4) is 17.6 Å². The van der Waals surface area contributed by atoms with E-state index in [1.165, 1.54) is 25.3 Å². The number of benzene rings is 3. The summed E-state index contributed by atoms with van der Waals surface area (Å²) in [4.78, 5) is 12.2. The van der Waals surface area contributed by atoms with Crippen LogP contribution in [0.3, 0.4) is 0 Å². The third-order valence-corrected chi connectivity index (χ3v) is 4.29. The summed E-state index contributed by atoms with van der Waals surface area (Å²) in [6.45, 7) is 0. The predicted molar refractivity (Wildman–Crippen MR) is 109 cm³/mol. The van der Waals surface area contributed by atoms with Gasteiger partial charge in [0.15, 0.2) is 11.5 Å². The molecule has 0 aliphatic carbocycles. The van der Waals surface area contributed by atoms with Crippen LogP contribution in [-0.4, -0.2) is 13.1 Å². The molecule has 0 fully saturated rings. The Morgan fingerprint density at radius 1 is 1.03 bits per heavy atom. The van der Waals surface area contributed by atoms with E-state index in [4.69, 9.17) is 21.1 Å². The SMILES string of the molecule is COc1cc(/C=C(/C#N)c2ccc(Cl)cc2)ccc1OC(=O)c1cccc(F)c1. The van der Waals surface area contributed by atoms with Gasteiger partial charge in [-0.25, -0.2) is 9.18 Å². The Bertz CT molecular complexity index is 1120. The molecule has 0 radical (unpaired) electrons. The summed E-state index contributed by atoms with van der Waals surface area (Å²) in [5, 5.41) is 10.1. The van der Waals surface area contributed by atoms with Gasteiger partial charge in [-0.2, -0.15) is 5.26 Å². The summed E-state index contributed by atoms with van der Waals surface area (Å²) in [5.74, 6) is -0.746. The molecule has 0 bridgehead atoms. The van der Waals surface area contributed by atoms with Crippen molar-refractivity contribution in [2.45, 2.75) is 0 Å². The maximum absolute atomic E-state index is 13.3. The van der Waals surface area contributed by atoms with Crippen LogP contribution >= 0.6 is 11.6 Å². The molecule has 4 nitrogen and oxygen atoms in total. The number of rotatable bonds is 5. The predicted octanol–water partition coefficient (Wildman–Crippen LogP) is 5.77. The minimum absolute atomic E-state index is 0.0885. The second-order valence-corrected chi connectivity index (χ2v) is 6.42. The zero-order chi connectivity index (χ0) is 20.8. The van der Waals surface area contributed by atoms with Gasteiger partial charge in [-0.1, -0.05) is 35.9 Å². The van der Waals surface area contributed by atoms with Crippen molar-refractivity contribution >= 4 is 29.2 Å². The van der Waals surface area contributed by atoms with Gasteiger partial charge in [-0.05, 0) is 59.7 Å². The molecule has 29 heavy (non-hydrogen) atoms. The van der Waals surface area contributed by atoms with Gasteiger partial charge >= 0.3 is 5.97 Å². The first-order valence-electron chi connectivity index (χ1n) is 8.53. The van der Waals surface area contributed by atoms with Gasteiger partial charge in [0.2, 0.25) is 0 Å². The van der Waals surface area contributed by atoms with Crippen molar-refractivity contribution in [3.05, 3.63) is 94.3 Å². The van der Waals surface area contributed by atoms with Crippen molar-refractivity contribution in [1.82, 2.24) is 0 Å². The number of hydrogen-bond donors (Lipinski definition) is 0. The van der Waals surface area contributed by atoms with E-state index < -0.39 is 11.8 Å². The fourth-order valence-corrected chi connectivity index (χ4v) is 2.73. The molecule has 0 aromatic heterocycles. The second kappa shape index (κ2) is 9.05. The van der Waals surface area contributed by atoms with Gasteiger partial charge in [0.05, 0.1) is 24.3 Å². The molecule has 0 aliphatic heterocycles. The third-order valence-electron chi connectivity index (χ3n) is 4.04. The fourth-order valence-electron chi connectivity index (χ4n) is 2.61. The smallest absolute Gasteiger partial charge is 0.343 e. The molecule has 144 valence electrons. The van der Waals surface area contributed by atoms with Gasteiger partial charge in [0.1, 0.15) is 5.82 Å². The van der Waals surface area contributed by atoms with E-state index in [0.717, 1.165) is 11.6 Å². The average Bonchev–Trinajstić information content (AvgIpc) is 2.73. The van der Waals surface area contributed by atoms with Crippen LogP contribution in [-0.2, 0) is 0 Å². The van der Waals surface area contributed by atoms with Crippen LogP contribution in [0.2, 0.25) is 5.02 Å². The summed E-state index contributed by atoms with van der Waals surface area (Å²) in [6, 6.07) is 19.2. The quantitative estimate of drug-likeness (QED) is 0.233. The molecule has 0 spiro atoms. The highest BCUT2D eigenvalue weighted by Gasteiger charge is 2.13. The van der Waals surface area contributed by atoms with Crippen LogP contribution in [0.1, 0.15) is 21.5 Å². The van der Waals surface area contributed by atoms with Crippen LogP contribution in [0.15, 0.2) is 66.7 Å². The van der Waals surface area contributed by atoms with Crippen molar-refractivity contribution in [1.29, 1.82) is 5.26 Å². The number of halogens is 2. The molecular weight excluding hydrogens is 393 g/mol. The van der Waals surface area contributed by atoms with Crippen LogP contribution in [0.4, 0.5) is 4.39 Å². The molecule has 0 N–H and O–H groups in total. The van der Waals surface area contributed by atoms with Crippen LogP contribution in [0.5, 0.6) is 11.5 Å². The van der Waals surface area contributed by atoms with Crippen molar-refractivity contribution in [3.63, 3.8) is 0 Å². The normalized spacial score (nSPS) is 10.9. The highest BCUT2D eigenvalue weighted by Crippen LogP contribution is 2.30. The molecule has 0 heterocycles. The van der Waals surface area contributed by atoms with Crippen molar-refractivity contribution in [2.75, 3.05) is 7.11 Å². The maximum Gasteiger partial charge on any atom is 0.343 e. The Hall–Kier alpha value is -3.62. The molecule has 6 heteroatoms. The number of hydrogen-bond acceptors (Lipinski definition) is 4. The van der Waals surface area contributed by atoms with Crippen molar-refractivity contribution < 1.29 is 18.7 Å². The van der Waals surface area contributed by atoms with E-state index in [9.17, 15) is 14.4 Å². The Morgan fingerprint density at radius 3 is 2.45 bits per heavy atom. The fraction of sp³-hybridized carbons (Fsp3) is 0.0435. The molecule has 0 atom stereocenters. The van der Waals surface area contributed by atoms with Gasteiger partial charge in [-0.3, -0.25) is 0 Å². The van der Waals surface area contributed by atoms with E-state index in [0.29, 0.717) is 21.9 Å². The molecule has 0 saturated carbocycles. The first kappa shape index (κ1) is 20.1. The van der Waals surface area contributed by atoms with Crippen molar-refractivity contribution in [2.24, 2.45) is 0 Å². The summed E-state index contributed by atoms with van der Waals surface area (Å²) in [7, 11) is 1.44. The lowest BCUT2D eigenvalue weighted by Crippen LogP contribution is -2.09. The Kier molecular flexibility index (Phi) is 6.28. The summed E-state index contributed by atoms with van der Waals surface area (Å²) >= 11 is 5.89. The molecule has 3 aromatic rings. The van der Waals surface area contributed by atoms with Gasteiger partial charge in [0.25, 0.3) is 0 Å². The van der Waals surface area contributed by atoms with Gasteiger partial charge < -0.3 is 9.47 Å². The van der Waals surface area contributed by atoms with Crippen LogP contribution in [0.25, 0.3) is 11.6 Å². The summed E-state index contributed by atoms with van der Waals surface area (Å²) < 4.78 is 23.9. The van der Waals surface area contributed by atoms with Gasteiger partial charge in [0, 0.05) is 5.02 Å². The summed E-state index contributed by atoms with van der Waals surface area (Å²) in [6.07, 6.45) is 1.68. The number of nitrogens with zero attached hydrogens (tertiary/aromatic N) is 1. The molecule has 0 amide bonds. The monoisotopic (exact) mass is 407 g/mol. The van der Waals surface area contributed by atoms with Crippen LogP contribution in [0, 0.1) is 17.1 Å². The number of methoxy groups -OCH3 is 1. The molecule has 0 aliphatic rings. The zero-order valence-electron chi connectivity index (χ0n) is 15.4. The maximum atomic E-state index is 13.3. The minimum atomic E-state index is -0.704. The van der Waals surface area contributed by atoms with E-state index in [-0.39, 0.29) is 11.3 Å². The highest BCUT2D eigenvalue weighted by atomic mass is 35.5. The highest BCUT2D eigenvalue weighted by molar-refractivity contribution is 6.30. The lowest BCUT2D eigenvalue weighted by Gasteiger charge is -2.10. The molecule has 0 saturated heterocycles. The zero-order valence-corrected chi connectivity index (χ0v) is 16.1. The number of nitriles is 1. The van der Waals surface area contributed by atoms with E-state index in [1.807, 2.05) is 0 Å². The number of ether oxygens (including phenoxy) is 2. The lowest BCUT2D eigenvalue weighted by molar-refractivity contribution is 0.0729. The first-order valence-corrected chi connectivity index (χ1v) is 8.91. The number of carbonyl (C=O) groups is 1. The first-order chi connectivity index (χ1) is 14.0. The molecule has 3 aromatic carbocycles. The van der Waals surface area contributed by atoms with Crippen LogP contribution < -0.4 is 9.47 Å². The van der Waals surface area contributed by atoms with E-state index >= 15 is 0 Å². The standard InChI is InChI=1S/C23H15ClFNO3/c1-28-22-12-15(11-18(14-26)16-6-8-19(24)9-7-16)5-10-21(22)29-23(27)17-3-2-4-20(25)13-17/h2-13H,1H3/b18-11-. The van der Waals surface area contributed by atoms with E-state index in [1.54, 1.807) is 48.5 Å². The lowest BCUT2D eigenvalue weighted by atomic mass is 10.0.